The third-order valence-corrected chi connectivity index (χ3v) is 4.32. The summed E-state index contributed by atoms with van der Waals surface area (Å²) < 4.78 is 12.9. The van der Waals surface area contributed by atoms with E-state index in [1.165, 1.54) is 28.8 Å². The molecule has 0 amide bonds. The Balaban J connectivity index is 0.00000136. The monoisotopic (exact) mass is 375 g/mol. The lowest BCUT2D eigenvalue weighted by Gasteiger charge is -2.09. The zero-order valence-electron chi connectivity index (χ0n) is 16.9. The van der Waals surface area contributed by atoms with Crippen LogP contribution in [0.2, 0.25) is 0 Å². The molecule has 0 saturated carbocycles. The van der Waals surface area contributed by atoms with E-state index in [2.05, 4.69) is 59.9 Å². The molecule has 28 heavy (non-hydrogen) atoms. The molecule has 0 aliphatic rings. The van der Waals surface area contributed by atoms with Crippen LogP contribution in [-0.2, 0) is 6.54 Å². The predicted octanol–water partition coefficient (Wildman–Crippen LogP) is 6.85. The summed E-state index contributed by atoms with van der Waals surface area (Å²) in [7, 11) is 0. The Labute approximate surface area is 168 Å². The Morgan fingerprint density at radius 2 is 1.32 bits per heavy atom. The molecule has 0 aliphatic heterocycles. The maximum atomic E-state index is 12.9. The number of rotatable bonds is 8. The lowest BCUT2D eigenvalue weighted by molar-refractivity contribution is 0.623. The Bertz CT molecular complexity index is 767. The zero-order valence-corrected chi connectivity index (χ0v) is 16.9. The highest BCUT2D eigenvalue weighted by molar-refractivity contribution is 5.79. The van der Waals surface area contributed by atoms with Crippen molar-refractivity contribution < 1.29 is 4.39 Å². The number of nitrogens with one attached hydrogen (secondary N) is 1. The van der Waals surface area contributed by atoms with Crippen molar-refractivity contribution in [1.82, 2.24) is 5.32 Å². The van der Waals surface area contributed by atoms with Crippen LogP contribution in [-0.4, -0.2) is 6.54 Å². The Hall–Kier alpha value is -2.71. The highest BCUT2D eigenvalue weighted by Crippen LogP contribution is 2.23. The predicted molar refractivity (Wildman–Crippen MR) is 119 cm³/mol. The molecule has 0 aromatic heterocycles. The minimum absolute atomic E-state index is 0.187. The second kappa shape index (κ2) is 12.6. The van der Waals surface area contributed by atoms with Crippen LogP contribution in [0.1, 0.15) is 43.4 Å². The molecule has 0 saturated heterocycles. The molecule has 0 atom stereocenters. The lowest BCUT2D eigenvalue weighted by atomic mass is 9.96. The first-order valence-electron chi connectivity index (χ1n) is 10.1. The van der Waals surface area contributed by atoms with Gasteiger partial charge in [-0.3, -0.25) is 0 Å². The minimum Gasteiger partial charge on any atom is -0.313 e. The molecule has 3 rings (SSSR count). The Morgan fingerprint density at radius 1 is 0.786 bits per heavy atom. The van der Waals surface area contributed by atoms with E-state index in [1.807, 2.05) is 38.1 Å². The largest absolute Gasteiger partial charge is 0.313 e. The molecule has 0 unspecified atom stereocenters. The second-order valence-corrected chi connectivity index (χ2v) is 6.30. The molecule has 1 N–H and O–H groups in total. The fourth-order valence-electron chi connectivity index (χ4n) is 2.95. The normalized spacial score (nSPS) is 9.96. The molecule has 0 fully saturated rings. The molecular weight excluding hydrogens is 345 g/mol. The number of hydrogen-bond donors (Lipinski definition) is 1. The van der Waals surface area contributed by atoms with E-state index >= 15 is 0 Å². The van der Waals surface area contributed by atoms with Gasteiger partial charge in [-0.2, -0.15) is 0 Å². The molecule has 2 heteroatoms. The van der Waals surface area contributed by atoms with Crippen molar-refractivity contribution in [1.29, 1.82) is 0 Å². The van der Waals surface area contributed by atoms with Gasteiger partial charge >= 0.3 is 0 Å². The van der Waals surface area contributed by atoms with Crippen molar-refractivity contribution >= 4 is 5.57 Å². The fraction of sp³-hybridized carbons (Fsp3) is 0.231. The lowest BCUT2D eigenvalue weighted by Crippen LogP contribution is -2.14. The van der Waals surface area contributed by atoms with Crippen molar-refractivity contribution in [3.63, 3.8) is 0 Å². The molecule has 1 nitrogen and oxygen atoms in total. The van der Waals surface area contributed by atoms with Crippen LogP contribution < -0.4 is 5.32 Å². The van der Waals surface area contributed by atoms with Gasteiger partial charge in [0, 0.05) is 6.54 Å². The van der Waals surface area contributed by atoms with Crippen LogP contribution in [0.4, 0.5) is 4.39 Å². The van der Waals surface area contributed by atoms with Gasteiger partial charge in [0.25, 0.3) is 0 Å². The first-order valence-corrected chi connectivity index (χ1v) is 10.1. The first-order chi connectivity index (χ1) is 13.8. The highest BCUT2D eigenvalue weighted by Gasteiger charge is 2.03. The maximum absolute atomic E-state index is 12.9. The molecule has 0 aliphatic carbocycles. The molecule has 3 aromatic rings. The highest BCUT2D eigenvalue weighted by atomic mass is 19.1. The summed E-state index contributed by atoms with van der Waals surface area (Å²) >= 11 is 0. The van der Waals surface area contributed by atoms with Crippen LogP contribution in [0, 0.1) is 5.82 Å². The minimum atomic E-state index is -0.187. The average Bonchev–Trinajstić information content (AvgIpc) is 2.77. The summed E-state index contributed by atoms with van der Waals surface area (Å²) in [6, 6.07) is 27.7. The van der Waals surface area contributed by atoms with E-state index in [4.69, 9.17) is 0 Å². The van der Waals surface area contributed by atoms with Crippen LogP contribution in [0.3, 0.4) is 0 Å². The van der Waals surface area contributed by atoms with Gasteiger partial charge in [-0.15, -0.1) is 0 Å². The standard InChI is InChI=1S/C24H24FN.C2H6/c25-23-16-14-20(15-17-23)19-26-18-8-7-13-24(21-9-3-1-4-10-21)22-11-5-2-6-12-22;1-2/h1-6,9-17,26H,7-8,18-19H2;1-2H3. The van der Waals surface area contributed by atoms with E-state index < -0.39 is 0 Å². The van der Waals surface area contributed by atoms with Crippen LogP contribution in [0.25, 0.3) is 5.57 Å². The van der Waals surface area contributed by atoms with E-state index in [0.717, 1.165) is 31.5 Å². The van der Waals surface area contributed by atoms with Crippen molar-refractivity contribution in [2.45, 2.75) is 33.2 Å². The molecule has 146 valence electrons. The summed E-state index contributed by atoms with van der Waals surface area (Å²) in [4.78, 5) is 0. The summed E-state index contributed by atoms with van der Waals surface area (Å²) in [5.74, 6) is -0.187. The van der Waals surface area contributed by atoms with Gasteiger partial charge in [0.15, 0.2) is 0 Å². The number of allylic oxidation sites excluding steroid dienone is 1. The molecule has 0 heterocycles. The van der Waals surface area contributed by atoms with Gasteiger partial charge in [-0.25, -0.2) is 4.39 Å². The van der Waals surface area contributed by atoms with E-state index in [-0.39, 0.29) is 5.82 Å². The number of halogens is 1. The molecule has 0 spiro atoms. The van der Waals surface area contributed by atoms with Crippen molar-refractivity contribution in [2.24, 2.45) is 0 Å². The second-order valence-electron chi connectivity index (χ2n) is 6.30. The fourth-order valence-corrected chi connectivity index (χ4v) is 2.95. The Kier molecular flexibility index (Phi) is 9.74. The van der Waals surface area contributed by atoms with Gasteiger partial charge in [0.05, 0.1) is 0 Å². The van der Waals surface area contributed by atoms with E-state index in [0.29, 0.717) is 0 Å². The summed E-state index contributed by atoms with van der Waals surface area (Å²) in [5.41, 5.74) is 4.89. The van der Waals surface area contributed by atoms with Gasteiger partial charge in [0.2, 0.25) is 0 Å². The smallest absolute Gasteiger partial charge is 0.123 e. The van der Waals surface area contributed by atoms with Crippen molar-refractivity contribution in [3.05, 3.63) is 114 Å². The third-order valence-electron chi connectivity index (χ3n) is 4.32. The van der Waals surface area contributed by atoms with Gasteiger partial charge < -0.3 is 5.32 Å². The molecule has 0 bridgehead atoms. The van der Waals surface area contributed by atoms with Gasteiger partial charge in [-0.05, 0) is 53.8 Å². The van der Waals surface area contributed by atoms with Crippen LogP contribution in [0.15, 0.2) is 91.0 Å². The SMILES string of the molecule is CC.Fc1ccc(CNCCCC=C(c2ccccc2)c2ccccc2)cc1. The molecule has 3 aromatic carbocycles. The molecular formula is C26H30FN. The Morgan fingerprint density at radius 3 is 1.86 bits per heavy atom. The summed E-state index contributed by atoms with van der Waals surface area (Å²) in [5, 5.41) is 3.42. The van der Waals surface area contributed by atoms with Crippen molar-refractivity contribution in [3.8, 4) is 0 Å². The summed E-state index contributed by atoms with van der Waals surface area (Å²) in [6.45, 7) is 5.71. The zero-order chi connectivity index (χ0) is 20.0. The first kappa shape index (κ1) is 21.6. The van der Waals surface area contributed by atoms with E-state index in [9.17, 15) is 4.39 Å². The topological polar surface area (TPSA) is 12.0 Å². The van der Waals surface area contributed by atoms with Gasteiger partial charge in [-0.1, -0.05) is 92.7 Å². The maximum Gasteiger partial charge on any atom is 0.123 e. The van der Waals surface area contributed by atoms with Crippen LogP contribution >= 0.6 is 0 Å². The van der Waals surface area contributed by atoms with Crippen molar-refractivity contribution in [2.75, 3.05) is 6.54 Å². The van der Waals surface area contributed by atoms with Gasteiger partial charge in [0.1, 0.15) is 5.82 Å². The molecule has 0 radical (unpaired) electrons. The quantitative estimate of drug-likeness (QED) is 0.424. The number of hydrogen-bond acceptors (Lipinski definition) is 1. The van der Waals surface area contributed by atoms with Crippen LogP contribution in [0.5, 0.6) is 0 Å². The average molecular weight is 376 g/mol. The summed E-state index contributed by atoms with van der Waals surface area (Å²) in [6.07, 6.45) is 4.39. The number of benzene rings is 3. The number of unbranched alkanes of at least 4 members (excludes halogenated alkanes) is 1. The van der Waals surface area contributed by atoms with E-state index in [1.54, 1.807) is 0 Å². The third kappa shape index (κ3) is 7.13.